The zero-order valence-corrected chi connectivity index (χ0v) is 12.3. The molecular weight excluding hydrogens is 302 g/mol. The molecule has 0 saturated heterocycles. The summed E-state index contributed by atoms with van der Waals surface area (Å²) in [6, 6.07) is -2.23. The lowest BCUT2D eigenvalue weighted by atomic mass is 10.1. The van der Waals surface area contributed by atoms with Gasteiger partial charge in [0.1, 0.15) is 12.6 Å². The minimum Gasteiger partial charge on any atom is -0.481 e. The fourth-order valence-electron chi connectivity index (χ4n) is 1.32. The number of nitrogens with one attached hydrogen (secondary N) is 2. The summed E-state index contributed by atoms with van der Waals surface area (Å²) in [6.45, 7) is -0.663. The van der Waals surface area contributed by atoms with Gasteiger partial charge in [0, 0.05) is 0 Å². The Hall–Kier alpha value is -1.81. The predicted octanol–water partition coefficient (Wildman–Crippen LogP) is -1.77. The van der Waals surface area contributed by atoms with Crippen molar-refractivity contribution >= 4 is 35.5 Å². The molecule has 2 atom stereocenters. The minimum atomic E-state index is -1.37. The van der Waals surface area contributed by atoms with Crippen molar-refractivity contribution in [2.24, 2.45) is 5.73 Å². The van der Waals surface area contributed by atoms with Gasteiger partial charge in [0.2, 0.25) is 11.8 Å². The summed E-state index contributed by atoms with van der Waals surface area (Å²) < 4.78 is 0. The molecule has 0 aromatic carbocycles. The molecule has 0 saturated carbocycles. The van der Waals surface area contributed by atoms with E-state index in [2.05, 4.69) is 5.32 Å². The molecule has 21 heavy (non-hydrogen) atoms. The maximum atomic E-state index is 11.7. The number of carbonyl (C=O) groups is 4. The number of carboxylic acid groups (broad SMARTS) is 2. The summed E-state index contributed by atoms with van der Waals surface area (Å²) in [4.78, 5) is 44.5. The highest BCUT2D eigenvalue weighted by Gasteiger charge is 2.26. The van der Waals surface area contributed by atoms with Crippen LogP contribution in [0.5, 0.6) is 0 Å². The van der Waals surface area contributed by atoms with Gasteiger partial charge in [0.25, 0.3) is 0 Å². The fourth-order valence-corrected chi connectivity index (χ4v) is 1.81. The zero-order valence-electron chi connectivity index (χ0n) is 11.5. The van der Waals surface area contributed by atoms with Crippen molar-refractivity contribution in [1.29, 1.82) is 0 Å². The lowest BCUT2D eigenvalue weighted by Crippen LogP contribution is -2.53. The van der Waals surface area contributed by atoms with Gasteiger partial charge in [-0.3, -0.25) is 19.2 Å². The number of aliphatic carboxylic acids is 2. The molecule has 120 valence electrons. The highest BCUT2D eigenvalue weighted by atomic mass is 32.2. The first kappa shape index (κ1) is 19.2. The average Bonchev–Trinajstić information content (AvgIpc) is 2.40. The van der Waals surface area contributed by atoms with E-state index in [1.54, 1.807) is 0 Å². The van der Waals surface area contributed by atoms with Gasteiger partial charge in [-0.05, 0) is 18.4 Å². The van der Waals surface area contributed by atoms with Crippen molar-refractivity contribution in [1.82, 2.24) is 10.6 Å². The maximum absolute atomic E-state index is 11.7. The highest BCUT2D eigenvalue weighted by molar-refractivity contribution is 7.98. The van der Waals surface area contributed by atoms with Gasteiger partial charge in [-0.25, -0.2) is 0 Å². The molecule has 0 aromatic heterocycles. The van der Waals surface area contributed by atoms with E-state index in [9.17, 15) is 19.2 Å². The number of thioether (sulfide) groups is 1. The number of carboxylic acids is 2. The van der Waals surface area contributed by atoms with E-state index in [-0.39, 0.29) is 0 Å². The Morgan fingerprint density at radius 1 is 1.14 bits per heavy atom. The molecule has 0 aliphatic carbocycles. The highest BCUT2D eigenvalue weighted by Crippen LogP contribution is 2.00. The molecule has 6 N–H and O–H groups in total. The lowest BCUT2D eigenvalue weighted by molar-refractivity contribution is -0.141. The third-order valence-corrected chi connectivity index (χ3v) is 3.04. The van der Waals surface area contributed by atoms with E-state index < -0.39 is 48.8 Å². The van der Waals surface area contributed by atoms with Gasteiger partial charge in [-0.2, -0.15) is 11.8 Å². The Labute approximate surface area is 125 Å². The van der Waals surface area contributed by atoms with Crippen molar-refractivity contribution in [3.63, 3.8) is 0 Å². The minimum absolute atomic E-state index is 0.379. The fraction of sp³-hybridized carbons (Fsp3) is 0.636. The van der Waals surface area contributed by atoms with Crippen molar-refractivity contribution in [2.45, 2.75) is 24.9 Å². The number of hydrogen-bond acceptors (Lipinski definition) is 6. The van der Waals surface area contributed by atoms with E-state index in [1.807, 2.05) is 11.6 Å². The van der Waals surface area contributed by atoms with Crippen LogP contribution in [0.1, 0.15) is 12.8 Å². The molecule has 0 aliphatic rings. The van der Waals surface area contributed by atoms with Crippen LogP contribution < -0.4 is 16.4 Å². The molecule has 0 fully saturated rings. The van der Waals surface area contributed by atoms with Crippen LogP contribution in [0.2, 0.25) is 0 Å². The second-order valence-electron chi connectivity index (χ2n) is 4.16. The maximum Gasteiger partial charge on any atom is 0.322 e. The number of rotatable bonds is 10. The Kier molecular flexibility index (Phi) is 9.13. The normalized spacial score (nSPS) is 13.0. The van der Waals surface area contributed by atoms with E-state index in [0.29, 0.717) is 12.2 Å². The molecular formula is C11H19N3O6S. The van der Waals surface area contributed by atoms with Gasteiger partial charge in [-0.1, -0.05) is 0 Å². The monoisotopic (exact) mass is 321 g/mol. The Morgan fingerprint density at radius 3 is 2.24 bits per heavy atom. The van der Waals surface area contributed by atoms with Crippen LogP contribution in [0.4, 0.5) is 0 Å². The van der Waals surface area contributed by atoms with Gasteiger partial charge >= 0.3 is 11.9 Å². The lowest BCUT2D eigenvalue weighted by Gasteiger charge is -2.18. The van der Waals surface area contributed by atoms with E-state index in [1.165, 1.54) is 11.8 Å². The third kappa shape index (κ3) is 8.87. The van der Waals surface area contributed by atoms with E-state index in [0.717, 1.165) is 0 Å². The van der Waals surface area contributed by atoms with Crippen molar-refractivity contribution in [3.8, 4) is 0 Å². The van der Waals surface area contributed by atoms with Crippen LogP contribution in [-0.2, 0) is 19.2 Å². The Balaban J connectivity index is 4.60. The van der Waals surface area contributed by atoms with Gasteiger partial charge in [-0.15, -0.1) is 0 Å². The summed E-state index contributed by atoms with van der Waals surface area (Å²) >= 11 is 1.50. The average molecular weight is 321 g/mol. The summed E-state index contributed by atoms with van der Waals surface area (Å²) in [5, 5.41) is 21.4. The van der Waals surface area contributed by atoms with Crippen LogP contribution in [-0.4, -0.2) is 64.6 Å². The van der Waals surface area contributed by atoms with Crippen molar-refractivity contribution < 1.29 is 29.4 Å². The summed E-state index contributed by atoms with van der Waals surface area (Å²) in [5.74, 6) is -3.47. The van der Waals surface area contributed by atoms with Gasteiger partial charge in [0.15, 0.2) is 0 Å². The van der Waals surface area contributed by atoms with Gasteiger partial charge in [0.05, 0.1) is 12.5 Å². The summed E-state index contributed by atoms with van der Waals surface area (Å²) in [7, 11) is 0. The van der Waals surface area contributed by atoms with Crippen molar-refractivity contribution in [3.05, 3.63) is 0 Å². The second-order valence-corrected chi connectivity index (χ2v) is 5.14. The SMILES string of the molecule is CSCCC(N)C(=O)NC(CC(=O)O)C(=O)NCC(=O)O. The van der Waals surface area contributed by atoms with E-state index >= 15 is 0 Å². The van der Waals surface area contributed by atoms with Crippen LogP contribution in [0.3, 0.4) is 0 Å². The molecule has 0 rings (SSSR count). The third-order valence-electron chi connectivity index (χ3n) is 2.40. The van der Waals surface area contributed by atoms with E-state index in [4.69, 9.17) is 15.9 Å². The first-order chi connectivity index (χ1) is 9.77. The molecule has 10 heteroatoms. The number of amides is 2. The van der Waals surface area contributed by atoms with Gasteiger partial charge < -0.3 is 26.6 Å². The Morgan fingerprint density at radius 2 is 1.76 bits per heavy atom. The Bertz CT molecular complexity index is 403. The topological polar surface area (TPSA) is 159 Å². The number of carbonyl (C=O) groups excluding carboxylic acids is 2. The molecule has 0 aromatic rings. The quantitative estimate of drug-likeness (QED) is 0.316. The smallest absolute Gasteiger partial charge is 0.322 e. The molecule has 0 aliphatic heterocycles. The molecule has 0 bridgehead atoms. The molecule has 2 unspecified atom stereocenters. The first-order valence-corrected chi connectivity index (χ1v) is 7.43. The second kappa shape index (κ2) is 10.00. The molecule has 0 radical (unpaired) electrons. The molecule has 0 spiro atoms. The zero-order chi connectivity index (χ0) is 16.4. The summed E-state index contributed by atoms with van der Waals surface area (Å²) in [6.07, 6.45) is 1.56. The predicted molar refractivity (Wildman–Crippen MR) is 75.8 cm³/mol. The van der Waals surface area contributed by atoms with Crippen LogP contribution in [0.25, 0.3) is 0 Å². The largest absolute Gasteiger partial charge is 0.481 e. The number of hydrogen-bond donors (Lipinski definition) is 5. The first-order valence-electron chi connectivity index (χ1n) is 6.04. The summed E-state index contributed by atoms with van der Waals surface area (Å²) in [5.41, 5.74) is 5.61. The van der Waals surface area contributed by atoms with Crippen LogP contribution in [0.15, 0.2) is 0 Å². The standard InChI is InChI=1S/C11H19N3O6S/c1-21-3-2-6(12)10(19)14-7(4-8(15)16)11(20)13-5-9(17)18/h6-7H,2-5,12H2,1H3,(H,13,20)(H,14,19)(H,15,16)(H,17,18). The molecule has 0 heterocycles. The van der Waals surface area contributed by atoms with Crippen molar-refractivity contribution in [2.75, 3.05) is 18.6 Å². The molecule has 2 amide bonds. The molecule has 9 nitrogen and oxygen atoms in total. The van der Waals surface area contributed by atoms with Crippen LogP contribution in [0, 0.1) is 0 Å². The number of nitrogens with two attached hydrogens (primary N) is 1. The van der Waals surface area contributed by atoms with Crippen LogP contribution >= 0.6 is 11.8 Å².